The third-order valence-electron chi connectivity index (χ3n) is 4.06. The minimum Gasteiger partial charge on any atom is -0.477 e. The molecule has 1 amide bonds. The molecule has 3 heterocycles. The number of amides is 1. The second kappa shape index (κ2) is 6.60. The van der Waals surface area contributed by atoms with E-state index in [1.807, 2.05) is 18.7 Å². The highest BCUT2D eigenvalue weighted by atomic mass is 32.1. The molecule has 0 bridgehead atoms. The van der Waals surface area contributed by atoms with Crippen molar-refractivity contribution < 1.29 is 9.53 Å². The van der Waals surface area contributed by atoms with E-state index in [2.05, 4.69) is 9.97 Å². The summed E-state index contributed by atoms with van der Waals surface area (Å²) < 4.78 is 5.59. The van der Waals surface area contributed by atoms with Gasteiger partial charge in [-0.25, -0.2) is 9.97 Å². The lowest BCUT2D eigenvalue weighted by Crippen LogP contribution is -2.31. The van der Waals surface area contributed by atoms with E-state index in [-0.39, 0.29) is 5.91 Å². The fraction of sp³-hybridized carbons (Fsp3) is 0.562. The average molecular weight is 319 g/mol. The second-order valence-electron chi connectivity index (χ2n) is 5.55. The number of nitrogens with zero attached hydrogens (tertiary/aromatic N) is 3. The van der Waals surface area contributed by atoms with Gasteiger partial charge in [-0.1, -0.05) is 12.8 Å². The van der Waals surface area contributed by atoms with Gasteiger partial charge in [0.25, 0.3) is 5.91 Å². The quantitative estimate of drug-likeness (QED) is 0.870. The Morgan fingerprint density at radius 2 is 2.00 bits per heavy atom. The van der Waals surface area contributed by atoms with Gasteiger partial charge in [-0.15, -0.1) is 11.3 Å². The van der Waals surface area contributed by atoms with Gasteiger partial charge in [0.1, 0.15) is 11.2 Å². The standard InChI is InChI=1S/C16H21N3O2S/c1-3-21-14-12-11(2)13(22-15(12)18-10-17-14)16(20)19-8-6-4-5-7-9-19/h10H,3-9H2,1-2H3. The third-order valence-corrected chi connectivity index (χ3v) is 5.25. The van der Waals surface area contributed by atoms with Crippen LogP contribution < -0.4 is 4.74 Å². The highest BCUT2D eigenvalue weighted by Gasteiger charge is 2.24. The van der Waals surface area contributed by atoms with Crippen molar-refractivity contribution in [1.82, 2.24) is 14.9 Å². The summed E-state index contributed by atoms with van der Waals surface area (Å²) in [6.45, 7) is 6.17. The van der Waals surface area contributed by atoms with Crippen molar-refractivity contribution in [3.8, 4) is 5.88 Å². The summed E-state index contributed by atoms with van der Waals surface area (Å²) in [5.41, 5.74) is 0.943. The Hall–Kier alpha value is -1.69. The summed E-state index contributed by atoms with van der Waals surface area (Å²) in [6.07, 6.45) is 6.13. The number of thiophene rings is 1. The number of fused-ring (bicyclic) bond motifs is 1. The monoisotopic (exact) mass is 319 g/mol. The van der Waals surface area contributed by atoms with E-state index in [0.717, 1.165) is 46.6 Å². The molecule has 1 aliphatic rings. The Morgan fingerprint density at radius 3 is 2.68 bits per heavy atom. The first-order valence-electron chi connectivity index (χ1n) is 7.88. The largest absolute Gasteiger partial charge is 0.477 e. The van der Waals surface area contributed by atoms with Gasteiger partial charge in [-0.3, -0.25) is 4.79 Å². The van der Waals surface area contributed by atoms with E-state index in [4.69, 9.17) is 4.74 Å². The molecule has 0 spiro atoms. The van der Waals surface area contributed by atoms with E-state index < -0.39 is 0 Å². The van der Waals surface area contributed by atoms with Crippen LogP contribution in [0.3, 0.4) is 0 Å². The fourth-order valence-electron chi connectivity index (χ4n) is 2.91. The van der Waals surface area contributed by atoms with Gasteiger partial charge in [0.05, 0.1) is 16.9 Å². The Kier molecular flexibility index (Phi) is 4.57. The summed E-state index contributed by atoms with van der Waals surface area (Å²) >= 11 is 1.45. The van der Waals surface area contributed by atoms with Crippen molar-refractivity contribution in [2.24, 2.45) is 0 Å². The van der Waals surface area contributed by atoms with Crippen molar-refractivity contribution in [2.45, 2.75) is 39.5 Å². The van der Waals surface area contributed by atoms with Crippen LogP contribution in [0.25, 0.3) is 10.2 Å². The minimum absolute atomic E-state index is 0.129. The van der Waals surface area contributed by atoms with Crippen molar-refractivity contribution in [3.63, 3.8) is 0 Å². The van der Waals surface area contributed by atoms with Crippen LogP contribution in [0.15, 0.2) is 6.33 Å². The van der Waals surface area contributed by atoms with E-state index in [1.54, 1.807) is 0 Å². The van der Waals surface area contributed by atoms with Crippen LogP contribution in [-0.2, 0) is 0 Å². The molecule has 0 atom stereocenters. The Labute approximate surface area is 134 Å². The van der Waals surface area contributed by atoms with Crippen LogP contribution in [0, 0.1) is 6.92 Å². The number of rotatable bonds is 3. The molecule has 6 heteroatoms. The highest BCUT2D eigenvalue weighted by molar-refractivity contribution is 7.20. The van der Waals surface area contributed by atoms with Gasteiger partial charge in [0, 0.05) is 13.1 Å². The molecule has 1 fully saturated rings. The van der Waals surface area contributed by atoms with Crippen LogP contribution in [0.5, 0.6) is 5.88 Å². The van der Waals surface area contributed by atoms with Gasteiger partial charge in [0.15, 0.2) is 0 Å². The number of hydrogen-bond donors (Lipinski definition) is 0. The molecular weight excluding hydrogens is 298 g/mol. The molecule has 0 radical (unpaired) electrons. The maximum Gasteiger partial charge on any atom is 0.264 e. The van der Waals surface area contributed by atoms with E-state index >= 15 is 0 Å². The zero-order chi connectivity index (χ0) is 15.5. The molecule has 3 rings (SSSR count). The lowest BCUT2D eigenvalue weighted by molar-refractivity contribution is 0.0766. The Bertz CT molecular complexity index is 675. The zero-order valence-electron chi connectivity index (χ0n) is 13.1. The minimum atomic E-state index is 0.129. The molecule has 0 aliphatic carbocycles. The predicted molar refractivity (Wildman–Crippen MR) is 87.7 cm³/mol. The number of likely N-dealkylation sites (tertiary alicyclic amines) is 1. The number of carbonyl (C=O) groups is 1. The first-order chi connectivity index (χ1) is 10.7. The first-order valence-corrected chi connectivity index (χ1v) is 8.70. The topological polar surface area (TPSA) is 55.3 Å². The molecule has 118 valence electrons. The molecule has 0 N–H and O–H groups in total. The van der Waals surface area contributed by atoms with E-state index in [9.17, 15) is 4.79 Å². The highest BCUT2D eigenvalue weighted by Crippen LogP contribution is 2.35. The fourth-order valence-corrected chi connectivity index (χ4v) is 4.01. The molecule has 0 unspecified atom stereocenters. The van der Waals surface area contributed by atoms with Gasteiger partial charge in [-0.05, 0) is 32.3 Å². The zero-order valence-corrected chi connectivity index (χ0v) is 13.9. The summed E-state index contributed by atoms with van der Waals surface area (Å²) in [7, 11) is 0. The molecule has 2 aromatic heterocycles. The number of carbonyl (C=O) groups excluding carboxylic acids is 1. The van der Waals surface area contributed by atoms with Crippen LogP contribution in [0.2, 0.25) is 0 Å². The number of hydrogen-bond acceptors (Lipinski definition) is 5. The van der Waals surface area contributed by atoms with Gasteiger partial charge < -0.3 is 9.64 Å². The van der Waals surface area contributed by atoms with Crippen molar-refractivity contribution >= 4 is 27.5 Å². The van der Waals surface area contributed by atoms with Gasteiger partial charge >= 0.3 is 0 Å². The number of aryl methyl sites for hydroxylation is 1. The lowest BCUT2D eigenvalue weighted by Gasteiger charge is -2.19. The maximum absolute atomic E-state index is 12.9. The van der Waals surface area contributed by atoms with Crippen molar-refractivity contribution in [2.75, 3.05) is 19.7 Å². The number of ether oxygens (including phenoxy) is 1. The van der Waals surface area contributed by atoms with Crippen LogP contribution >= 0.6 is 11.3 Å². The van der Waals surface area contributed by atoms with Crippen molar-refractivity contribution in [3.05, 3.63) is 16.8 Å². The van der Waals surface area contributed by atoms with Gasteiger partial charge in [0.2, 0.25) is 5.88 Å². The maximum atomic E-state index is 12.9. The van der Waals surface area contributed by atoms with Crippen LogP contribution in [0.4, 0.5) is 0 Å². The summed E-state index contributed by atoms with van der Waals surface area (Å²) in [6, 6.07) is 0. The Balaban J connectivity index is 1.98. The van der Waals surface area contributed by atoms with Crippen LogP contribution in [0.1, 0.15) is 47.8 Å². The smallest absolute Gasteiger partial charge is 0.264 e. The lowest BCUT2D eigenvalue weighted by atomic mass is 10.2. The summed E-state index contributed by atoms with van der Waals surface area (Å²) in [5.74, 6) is 0.709. The Morgan fingerprint density at radius 1 is 1.27 bits per heavy atom. The van der Waals surface area contributed by atoms with Gasteiger partial charge in [-0.2, -0.15) is 0 Å². The first kappa shape index (κ1) is 15.2. The molecular formula is C16H21N3O2S. The molecule has 1 aliphatic heterocycles. The molecule has 2 aromatic rings. The molecule has 22 heavy (non-hydrogen) atoms. The normalized spacial score (nSPS) is 15.8. The second-order valence-corrected chi connectivity index (χ2v) is 6.55. The summed E-state index contributed by atoms with van der Waals surface area (Å²) in [4.78, 5) is 25.0. The SMILES string of the molecule is CCOc1ncnc2sc(C(=O)N3CCCCCC3)c(C)c12. The molecule has 1 saturated heterocycles. The van der Waals surface area contributed by atoms with E-state index in [0.29, 0.717) is 12.5 Å². The molecule has 0 aromatic carbocycles. The van der Waals surface area contributed by atoms with Crippen LogP contribution in [-0.4, -0.2) is 40.5 Å². The third kappa shape index (κ3) is 2.79. The summed E-state index contributed by atoms with van der Waals surface area (Å²) in [5, 5.41) is 0.882. The molecule has 0 saturated carbocycles. The predicted octanol–water partition coefficient (Wildman–Crippen LogP) is 3.41. The average Bonchev–Trinajstić information content (AvgIpc) is 2.71. The number of aromatic nitrogens is 2. The van der Waals surface area contributed by atoms with Crippen molar-refractivity contribution in [1.29, 1.82) is 0 Å². The molecule has 5 nitrogen and oxygen atoms in total. The van der Waals surface area contributed by atoms with E-state index in [1.165, 1.54) is 30.5 Å².